The predicted molar refractivity (Wildman–Crippen MR) is 111 cm³/mol. The number of carbonyl (C=O) groups is 2. The highest BCUT2D eigenvalue weighted by molar-refractivity contribution is 7.99. The first kappa shape index (κ1) is 19.5. The van der Waals surface area contributed by atoms with Gasteiger partial charge in [0.25, 0.3) is 11.8 Å². The predicted octanol–water partition coefficient (Wildman–Crippen LogP) is 5.49. The van der Waals surface area contributed by atoms with Crippen LogP contribution in [0.25, 0.3) is 0 Å². The highest BCUT2D eigenvalue weighted by atomic mass is 32.2. The first-order valence-corrected chi connectivity index (χ1v) is 10.5. The van der Waals surface area contributed by atoms with Gasteiger partial charge in [-0.15, -0.1) is 0 Å². The molecular formula is C22H26N2O2S. The molecule has 0 aliphatic carbocycles. The van der Waals surface area contributed by atoms with E-state index in [-0.39, 0.29) is 11.8 Å². The number of nitrogens with one attached hydrogen (secondary N) is 2. The lowest BCUT2D eigenvalue weighted by molar-refractivity contribution is 0.0951. The fourth-order valence-corrected chi connectivity index (χ4v) is 4.13. The second-order valence-electron chi connectivity index (χ2n) is 6.79. The highest BCUT2D eigenvalue weighted by Crippen LogP contribution is 2.38. The van der Waals surface area contributed by atoms with E-state index in [0.717, 1.165) is 22.6 Å². The molecule has 4 nitrogen and oxygen atoms in total. The van der Waals surface area contributed by atoms with Crippen LogP contribution in [0.2, 0.25) is 0 Å². The van der Waals surface area contributed by atoms with Crippen molar-refractivity contribution in [1.82, 2.24) is 5.32 Å². The molecule has 2 aromatic carbocycles. The Kier molecular flexibility index (Phi) is 6.93. The van der Waals surface area contributed by atoms with Gasteiger partial charge >= 0.3 is 0 Å². The molecule has 0 spiro atoms. The lowest BCUT2D eigenvalue weighted by atomic mass is 10.1. The van der Waals surface area contributed by atoms with E-state index in [0.29, 0.717) is 23.4 Å². The molecule has 3 rings (SSSR count). The number of unbranched alkanes of at least 4 members (excludes halogenated alkanes) is 5. The van der Waals surface area contributed by atoms with Gasteiger partial charge < -0.3 is 10.6 Å². The number of hydrogen-bond acceptors (Lipinski definition) is 3. The summed E-state index contributed by atoms with van der Waals surface area (Å²) in [7, 11) is 0. The Morgan fingerprint density at radius 3 is 2.63 bits per heavy atom. The van der Waals surface area contributed by atoms with Crippen LogP contribution in [0.5, 0.6) is 0 Å². The van der Waals surface area contributed by atoms with Gasteiger partial charge in [-0.25, -0.2) is 0 Å². The third-order valence-electron chi connectivity index (χ3n) is 4.66. The Labute approximate surface area is 165 Å². The minimum absolute atomic E-state index is 0.0904. The molecule has 0 unspecified atom stereocenters. The Morgan fingerprint density at radius 2 is 1.78 bits per heavy atom. The van der Waals surface area contributed by atoms with Crippen molar-refractivity contribution >= 4 is 29.3 Å². The van der Waals surface area contributed by atoms with Gasteiger partial charge in [0.05, 0.1) is 11.3 Å². The maximum Gasteiger partial charge on any atom is 0.256 e. The molecule has 2 N–H and O–H groups in total. The first-order valence-electron chi connectivity index (χ1n) is 9.69. The largest absolute Gasteiger partial charge is 0.352 e. The lowest BCUT2D eigenvalue weighted by Crippen LogP contribution is -2.24. The lowest BCUT2D eigenvalue weighted by Gasteiger charge is -2.10. The van der Waals surface area contributed by atoms with E-state index in [2.05, 4.69) is 17.6 Å². The summed E-state index contributed by atoms with van der Waals surface area (Å²) in [6, 6.07) is 13.0. The van der Waals surface area contributed by atoms with Crippen LogP contribution in [0.4, 0.5) is 5.69 Å². The van der Waals surface area contributed by atoms with Crippen LogP contribution in [-0.4, -0.2) is 18.4 Å². The van der Waals surface area contributed by atoms with Gasteiger partial charge in [0.2, 0.25) is 0 Å². The maximum atomic E-state index is 12.4. The number of fused-ring (bicyclic) bond motifs is 2. The zero-order valence-corrected chi connectivity index (χ0v) is 16.5. The average Bonchev–Trinajstić information content (AvgIpc) is 2.82. The Balaban J connectivity index is 1.59. The van der Waals surface area contributed by atoms with Crippen molar-refractivity contribution in [3.63, 3.8) is 0 Å². The molecule has 2 aromatic rings. The molecule has 5 heteroatoms. The average molecular weight is 383 g/mol. The van der Waals surface area contributed by atoms with E-state index in [1.807, 2.05) is 36.4 Å². The van der Waals surface area contributed by atoms with Crippen LogP contribution in [0.15, 0.2) is 52.3 Å². The SMILES string of the molecule is CCCCCCCCNC(=O)c1ccc2c(c1)NC(=O)c1ccccc1S2. The molecule has 0 aromatic heterocycles. The number of amides is 2. The van der Waals surface area contributed by atoms with Gasteiger partial charge in [0, 0.05) is 21.9 Å². The second-order valence-corrected chi connectivity index (χ2v) is 7.87. The van der Waals surface area contributed by atoms with Gasteiger partial charge in [-0.05, 0) is 36.8 Å². The van der Waals surface area contributed by atoms with E-state index in [1.54, 1.807) is 17.8 Å². The summed E-state index contributed by atoms with van der Waals surface area (Å²) in [4.78, 5) is 26.7. The zero-order valence-electron chi connectivity index (χ0n) is 15.7. The van der Waals surface area contributed by atoms with Crippen LogP contribution in [0.1, 0.15) is 66.2 Å². The van der Waals surface area contributed by atoms with Crippen molar-refractivity contribution in [2.24, 2.45) is 0 Å². The van der Waals surface area contributed by atoms with Gasteiger partial charge in [0.15, 0.2) is 0 Å². The van der Waals surface area contributed by atoms with Crippen LogP contribution in [0, 0.1) is 0 Å². The van der Waals surface area contributed by atoms with Crippen molar-refractivity contribution < 1.29 is 9.59 Å². The molecule has 0 fully saturated rings. The van der Waals surface area contributed by atoms with Crippen LogP contribution in [-0.2, 0) is 0 Å². The molecule has 1 aliphatic heterocycles. The van der Waals surface area contributed by atoms with Crippen LogP contribution < -0.4 is 10.6 Å². The summed E-state index contributed by atoms with van der Waals surface area (Å²) in [5.74, 6) is -0.228. The number of carbonyl (C=O) groups excluding carboxylic acids is 2. The van der Waals surface area contributed by atoms with E-state index < -0.39 is 0 Å². The summed E-state index contributed by atoms with van der Waals surface area (Å²) >= 11 is 1.54. The van der Waals surface area contributed by atoms with Gasteiger partial charge in [0.1, 0.15) is 0 Å². The molecule has 0 bridgehead atoms. The second kappa shape index (κ2) is 9.60. The van der Waals surface area contributed by atoms with E-state index in [1.165, 1.54) is 25.7 Å². The topological polar surface area (TPSA) is 58.2 Å². The minimum atomic E-state index is -0.138. The molecule has 27 heavy (non-hydrogen) atoms. The quantitative estimate of drug-likeness (QED) is 0.593. The van der Waals surface area contributed by atoms with Gasteiger partial charge in [-0.3, -0.25) is 9.59 Å². The summed E-state index contributed by atoms with van der Waals surface area (Å²) in [5.41, 5.74) is 1.92. The number of anilines is 1. The number of rotatable bonds is 8. The molecule has 0 atom stereocenters. The molecule has 1 heterocycles. The standard InChI is InChI=1S/C22H26N2O2S/c1-2-3-4-5-6-9-14-23-21(25)16-12-13-20-18(15-16)24-22(26)17-10-7-8-11-19(17)27-20/h7-8,10-13,15H,2-6,9,14H2,1H3,(H,23,25)(H,24,26). The highest BCUT2D eigenvalue weighted by Gasteiger charge is 2.20. The molecule has 0 saturated heterocycles. The first-order chi connectivity index (χ1) is 13.2. The molecule has 1 aliphatic rings. The van der Waals surface area contributed by atoms with Crippen molar-refractivity contribution in [1.29, 1.82) is 0 Å². The van der Waals surface area contributed by atoms with Crippen LogP contribution in [0.3, 0.4) is 0 Å². The molecular weight excluding hydrogens is 356 g/mol. The van der Waals surface area contributed by atoms with E-state index in [9.17, 15) is 9.59 Å². The monoisotopic (exact) mass is 382 g/mol. The Hall–Kier alpha value is -2.27. The summed E-state index contributed by atoms with van der Waals surface area (Å²) in [5, 5.41) is 5.91. The van der Waals surface area contributed by atoms with Crippen molar-refractivity contribution in [2.45, 2.75) is 55.2 Å². The van der Waals surface area contributed by atoms with Crippen molar-refractivity contribution in [2.75, 3.05) is 11.9 Å². The molecule has 0 saturated carbocycles. The third kappa shape index (κ3) is 5.13. The Morgan fingerprint density at radius 1 is 1.00 bits per heavy atom. The normalized spacial score (nSPS) is 12.6. The smallest absolute Gasteiger partial charge is 0.256 e. The van der Waals surface area contributed by atoms with Gasteiger partial charge in [-0.2, -0.15) is 0 Å². The minimum Gasteiger partial charge on any atom is -0.352 e. The molecule has 0 radical (unpaired) electrons. The summed E-state index contributed by atoms with van der Waals surface area (Å²) in [6.07, 6.45) is 7.18. The van der Waals surface area contributed by atoms with E-state index in [4.69, 9.17) is 0 Å². The van der Waals surface area contributed by atoms with Crippen molar-refractivity contribution in [3.05, 3.63) is 53.6 Å². The van der Waals surface area contributed by atoms with Crippen molar-refractivity contribution in [3.8, 4) is 0 Å². The molecule has 142 valence electrons. The Bertz CT molecular complexity index is 820. The third-order valence-corrected chi connectivity index (χ3v) is 5.81. The number of hydrogen-bond donors (Lipinski definition) is 2. The molecule has 2 amide bonds. The zero-order chi connectivity index (χ0) is 19.1. The fourth-order valence-electron chi connectivity index (χ4n) is 3.12. The van der Waals surface area contributed by atoms with E-state index >= 15 is 0 Å². The van der Waals surface area contributed by atoms with Gasteiger partial charge in [-0.1, -0.05) is 62.9 Å². The summed E-state index contributed by atoms with van der Waals surface area (Å²) in [6.45, 7) is 2.90. The maximum absolute atomic E-state index is 12.4. The fraction of sp³-hybridized carbons (Fsp3) is 0.364. The van der Waals surface area contributed by atoms with Crippen LogP contribution >= 0.6 is 11.8 Å². The summed E-state index contributed by atoms with van der Waals surface area (Å²) < 4.78 is 0. The number of benzene rings is 2.